The second-order valence-electron chi connectivity index (χ2n) is 8.35. The Hall–Kier alpha value is -0.760. The molecule has 1 N–H and O–H groups in total. The summed E-state index contributed by atoms with van der Waals surface area (Å²) in [6.07, 6.45) is 25.8. The summed E-state index contributed by atoms with van der Waals surface area (Å²) in [5, 5.41) is 3.42. The molecular formula is C25H47NO. The van der Waals surface area contributed by atoms with Crippen LogP contribution in [0.5, 0.6) is 0 Å². The minimum absolute atomic E-state index is 0.856. The van der Waals surface area contributed by atoms with Crippen LogP contribution in [0, 0.1) is 5.92 Å². The summed E-state index contributed by atoms with van der Waals surface area (Å²) in [6.45, 7) is 9.60. The van der Waals surface area contributed by atoms with Gasteiger partial charge in [0.05, 0.1) is 12.4 Å². The van der Waals surface area contributed by atoms with Gasteiger partial charge in [-0.05, 0) is 70.4 Å². The van der Waals surface area contributed by atoms with E-state index in [2.05, 4.69) is 31.0 Å². The highest BCUT2D eigenvalue weighted by atomic mass is 16.5. The summed E-state index contributed by atoms with van der Waals surface area (Å²) in [6, 6.07) is 0. The lowest BCUT2D eigenvalue weighted by atomic mass is 9.95. The highest BCUT2D eigenvalue weighted by Gasteiger charge is 2.12. The average molecular weight is 378 g/mol. The van der Waals surface area contributed by atoms with Gasteiger partial charge in [-0.25, -0.2) is 0 Å². The van der Waals surface area contributed by atoms with Crippen LogP contribution >= 0.6 is 0 Å². The van der Waals surface area contributed by atoms with Gasteiger partial charge in [0.1, 0.15) is 0 Å². The minimum Gasteiger partial charge on any atom is -0.499 e. The van der Waals surface area contributed by atoms with Gasteiger partial charge in [0.15, 0.2) is 0 Å². The average Bonchev–Trinajstić information content (AvgIpc) is 2.69. The Bertz CT molecular complexity index is 357. The molecule has 0 saturated carbocycles. The van der Waals surface area contributed by atoms with E-state index >= 15 is 0 Å². The van der Waals surface area contributed by atoms with Gasteiger partial charge in [-0.1, -0.05) is 70.6 Å². The van der Waals surface area contributed by atoms with Crippen LogP contribution in [0.25, 0.3) is 0 Å². The van der Waals surface area contributed by atoms with Crippen molar-refractivity contribution in [1.82, 2.24) is 5.32 Å². The molecule has 0 aromatic carbocycles. The van der Waals surface area contributed by atoms with Gasteiger partial charge < -0.3 is 10.1 Å². The number of hydrogen-bond acceptors (Lipinski definition) is 2. The summed E-state index contributed by atoms with van der Waals surface area (Å²) in [5.41, 5.74) is 0. The van der Waals surface area contributed by atoms with Crippen LogP contribution < -0.4 is 5.32 Å². The molecule has 0 atom stereocenters. The molecule has 1 aliphatic heterocycles. The van der Waals surface area contributed by atoms with E-state index in [0.717, 1.165) is 24.7 Å². The first-order valence-electron chi connectivity index (χ1n) is 12.0. The van der Waals surface area contributed by atoms with Crippen molar-refractivity contribution in [3.8, 4) is 0 Å². The second kappa shape index (κ2) is 18.6. The monoisotopic (exact) mass is 377 g/mol. The fourth-order valence-corrected chi connectivity index (χ4v) is 3.83. The molecule has 158 valence electrons. The summed E-state index contributed by atoms with van der Waals surface area (Å²) < 4.78 is 5.83. The van der Waals surface area contributed by atoms with E-state index in [4.69, 9.17) is 4.74 Å². The van der Waals surface area contributed by atoms with Crippen LogP contribution in [-0.2, 0) is 4.74 Å². The van der Waals surface area contributed by atoms with Crippen molar-refractivity contribution >= 4 is 0 Å². The van der Waals surface area contributed by atoms with Crippen LogP contribution in [0.4, 0.5) is 0 Å². The molecule has 2 heteroatoms. The molecule has 1 fully saturated rings. The van der Waals surface area contributed by atoms with E-state index in [1.165, 1.54) is 109 Å². The highest BCUT2D eigenvalue weighted by Crippen LogP contribution is 2.17. The van der Waals surface area contributed by atoms with Crippen molar-refractivity contribution in [3.63, 3.8) is 0 Å². The Morgan fingerprint density at radius 2 is 1.48 bits per heavy atom. The summed E-state index contributed by atoms with van der Waals surface area (Å²) in [5.74, 6) is 1.86. The molecule has 1 rings (SSSR count). The molecule has 0 spiro atoms. The van der Waals surface area contributed by atoms with Crippen LogP contribution in [0.15, 0.2) is 24.5 Å². The fourth-order valence-electron chi connectivity index (χ4n) is 3.83. The third-order valence-corrected chi connectivity index (χ3v) is 5.76. The molecule has 0 unspecified atom stereocenters. The molecule has 1 saturated heterocycles. The molecule has 0 aromatic heterocycles. The van der Waals surface area contributed by atoms with Crippen molar-refractivity contribution < 1.29 is 4.74 Å². The second-order valence-corrected chi connectivity index (χ2v) is 8.35. The predicted octanol–water partition coefficient (Wildman–Crippen LogP) is 7.55. The number of nitrogens with one attached hydrogen (secondary N) is 1. The maximum Gasteiger partial charge on any atom is 0.0888 e. The zero-order valence-corrected chi connectivity index (χ0v) is 18.3. The summed E-state index contributed by atoms with van der Waals surface area (Å²) in [7, 11) is 0. The normalized spacial score (nSPS) is 15.4. The fraction of sp³-hybridized carbons (Fsp3) is 0.840. The third kappa shape index (κ3) is 15.9. The van der Waals surface area contributed by atoms with Crippen molar-refractivity contribution in [1.29, 1.82) is 0 Å². The van der Waals surface area contributed by atoms with Crippen LogP contribution in [0.2, 0.25) is 0 Å². The number of allylic oxidation sites excluding steroid dienone is 3. The Balaban J connectivity index is 1.78. The molecular weight excluding hydrogens is 330 g/mol. The number of rotatable bonds is 18. The standard InChI is InChI=1S/C25H47NO/c1-3-4-5-6-7-8-9-10-11-12-13-14-15-16-17-24(2)27-23-20-25-18-21-26-22-19-25/h9-10,25-26H,2-8,11-23H2,1H3/b10-9+. The maximum atomic E-state index is 5.83. The van der Waals surface area contributed by atoms with E-state index < -0.39 is 0 Å². The van der Waals surface area contributed by atoms with Crippen molar-refractivity contribution in [3.05, 3.63) is 24.5 Å². The van der Waals surface area contributed by atoms with Gasteiger partial charge in [0.2, 0.25) is 0 Å². The molecule has 0 aromatic rings. The third-order valence-electron chi connectivity index (χ3n) is 5.76. The minimum atomic E-state index is 0.856. The predicted molar refractivity (Wildman–Crippen MR) is 120 cm³/mol. The van der Waals surface area contributed by atoms with E-state index in [0.29, 0.717) is 0 Å². The maximum absolute atomic E-state index is 5.83. The lowest BCUT2D eigenvalue weighted by Gasteiger charge is -2.22. The van der Waals surface area contributed by atoms with E-state index in [-0.39, 0.29) is 0 Å². The molecule has 0 aliphatic carbocycles. The van der Waals surface area contributed by atoms with Gasteiger partial charge in [0, 0.05) is 6.42 Å². The Morgan fingerprint density at radius 1 is 0.889 bits per heavy atom. The first kappa shape index (κ1) is 24.3. The van der Waals surface area contributed by atoms with Gasteiger partial charge in [0.25, 0.3) is 0 Å². The summed E-state index contributed by atoms with van der Waals surface area (Å²) >= 11 is 0. The summed E-state index contributed by atoms with van der Waals surface area (Å²) in [4.78, 5) is 0. The highest BCUT2D eigenvalue weighted by molar-refractivity contribution is 4.83. The number of unbranched alkanes of at least 4 members (excludes halogenated alkanes) is 10. The lowest BCUT2D eigenvalue weighted by molar-refractivity contribution is 0.172. The van der Waals surface area contributed by atoms with Crippen LogP contribution in [0.1, 0.15) is 110 Å². The van der Waals surface area contributed by atoms with E-state index in [1.807, 2.05) is 0 Å². The van der Waals surface area contributed by atoms with E-state index in [1.54, 1.807) is 0 Å². The molecule has 27 heavy (non-hydrogen) atoms. The lowest BCUT2D eigenvalue weighted by Crippen LogP contribution is -2.28. The van der Waals surface area contributed by atoms with Crippen LogP contribution in [-0.4, -0.2) is 19.7 Å². The molecule has 1 heterocycles. The number of hydrogen-bond donors (Lipinski definition) is 1. The number of piperidine rings is 1. The van der Waals surface area contributed by atoms with Gasteiger partial charge in [-0.3, -0.25) is 0 Å². The molecule has 0 radical (unpaired) electrons. The van der Waals surface area contributed by atoms with Crippen molar-refractivity contribution in [2.45, 2.75) is 110 Å². The van der Waals surface area contributed by atoms with Crippen LogP contribution in [0.3, 0.4) is 0 Å². The first-order valence-corrected chi connectivity index (χ1v) is 12.0. The Morgan fingerprint density at radius 3 is 2.15 bits per heavy atom. The SMILES string of the molecule is C=C(CCCCCCC/C=C/CCCCCCC)OCCC1CCNCC1. The zero-order valence-electron chi connectivity index (χ0n) is 18.3. The van der Waals surface area contributed by atoms with E-state index in [9.17, 15) is 0 Å². The number of ether oxygens (including phenoxy) is 1. The molecule has 0 bridgehead atoms. The first-order chi connectivity index (χ1) is 13.3. The molecule has 1 aliphatic rings. The smallest absolute Gasteiger partial charge is 0.0888 e. The Kier molecular flexibility index (Phi) is 16.7. The molecule has 2 nitrogen and oxygen atoms in total. The molecule has 0 amide bonds. The quantitative estimate of drug-likeness (QED) is 0.151. The van der Waals surface area contributed by atoms with Crippen molar-refractivity contribution in [2.24, 2.45) is 5.92 Å². The Labute approximate surface area is 170 Å². The van der Waals surface area contributed by atoms with Crippen molar-refractivity contribution in [2.75, 3.05) is 19.7 Å². The van der Waals surface area contributed by atoms with Gasteiger partial charge in [-0.2, -0.15) is 0 Å². The topological polar surface area (TPSA) is 21.3 Å². The van der Waals surface area contributed by atoms with Gasteiger partial charge >= 0.3 is 0 Å². The zero-order chi connectivity index (χ0) is 19.4. The largest absolute Gasteiger partial charge is 0.499 e. The van der Waals surface area contributed by atoms with Gasteiger partial charge in [-0.15, -0.1) is 0 Å².